The number of halogens is 17. The van der Waals surface area contributed by atoms with E-state index in [1.54, 1.807) is 27.7 Å². The summed E-state index contributed by atoms with van der Waals surface area (Å²) >= 11 is 0. The van der Waals surface area contributed by atoms with Crippen molar-refractivity contribution in [2.75, 3.05) is 33.0 Å². The molecule has 0 aliphatic heterocycles. The highest BCUT2D eigenvalue weighted by molar-refractivity contribution is 5.15. The largest absolute Gasteiger partial charge is 0.460 e. The van der Waals surface area contributed by atoms with Gasteiger partial charge in [0.15, 0.2) is 0 Å². The number of alkyl halides is 17. The van der Waals surface area contributed by atoms with Crippen molar-refractivity contribution in [2.24, 2.45) is 11.8 Å². The van der Waals surface area contributed by atoms with Gasteiger partial charge in [-0.25, -0.2) is 0 Å². The van der Waals surface area contributed by atoms with Crippen LogP contribution >= 0.6 is 0 Å². The van der Waals surface area contributed by atoms with E-state index < -0.39 is 84.8 Å². The Balaban J connectivity index is 6.15. The van der Waals surface area contributed by atoms with Crippen LogP contribution in [-0.4, -0.2) is 98.0 Å². The molecule has 21 heteroatoms. The van der Waals surface area contributed by atoms with Gasteiger partial charge in [-0.1, -0.05) is 20.8 Å². The molecule has 0 rings (SSSR count). The smallest absolute Gasteiger partial charge is 0.373 e. The molecule has 0 aromatic carbocycles. The lowest BCUT2D eigenvalue weighted by atomic mass is 9.89. The van der Waals surface area contributed by atoms with Gasteiger partial charge in [-0.3, -0.25) is 0 Å². The SMILES string of the molecule is CC(C)CC(C)COC(COCC(F)(F)C(F)(F)C(F)(F)C(F)(F)C(F)(F)C(F)(F)C(F)(F)C(F)(F)F)COC(C)(C)COC(C)(C)C. The van der Waals surface area contributed by atoms with Gasteiger partial charge in [0.25, 0.3) is 0 Å². The highest BCUT2D eigenvalue weighted by Gasteiger charge is 2.95. The van der Waals surface area contributed by atoms with E-state index in [1.807, 2.05) is 13.8 Å². The van der Waals surface area contributed by atoms with E-state index >= 15 is 0 Å². The van der Waals surface area contributed by atoms with Crippen molar-refractivity contribution in [2.45, 2.75) is 127 Å². The van der Waals surface area contributed by atoms with E-state index in [2.05, 4.69) is 4.74 Å². The van der Waals surface area contributed by atoms with Crippen molar-refractivity contribution in [1.82, 2.24) is 0 Å². The quantitative estimate of drug-likeness (QED) is 0.116. The average molecular weight is 751 g/mol. The molecular weight excluding hydrogens is 711 g/mol. The lowest BCUT2D eigenvalue weighted by Gasteiger charge is -2.42. The van der Waals surface area contributed by atoms with Gasteiger partial charge in [-0.15, -0.1) is 0 Å². The zero-order valence-electron chi connectivity index (χ0n) is 27.0. The minimum Gasteiger partial charge on any atom is -0.373 e. The molecule has 0 spiro atoms. The Morgan fingerprint density at radius 2 is 0.896 bits per heavy atom. The van der Waals surface area contributed by atoms with Crippen LogP contribution in [0.15, 0.2) is 0 Å². The molecule has 0 aliphatic carbocycles. The van der Waals surface area contributed by atoms with Crippen LogP contribution in [-0.2, 0) is 18.9 Å². The highest BCUT2D eigenvalue weighted by Crippen LogP contribution is 2.63. The van der Waals surface area contributed by atoms with Crippen molar-refractivity contribution in [3.63, 3.8) is 0 Å². The summed E-state index contributed by atoms with van der Waals surface area (Å²) in [6.45, 7) is 8.40. The van der Waals surface area contributed by atoms with E-state index in [9.17, 15) is 74.6 Å². The zero-order valence-corrected chi connectivity index (χ0v) is 27.0. The second-order valence-electron chi connectivity index (χ2n) is 13.3. The molecule has 0 saturated heterocycles. The summed E-state index contributed by atoms with van der Waals surface area (Å²) in [4.78, 5) is 0. The van der Waals surface area contributed by atoms with Crippen LogP contribution in [0.3, 0.4) is 0 Å². The van der Waals surface area contributed by atoms with Gasteiger partial charge >= 0.3 is 47.6 Å². The first-order chi connectivity index (χ1) is 20.8. The van der Waals surface area contributed by atoms with Crippen LogP contribution in [0.2, 0.25) is 0 Å². The summed E-state index contributed by atoms with van der Waals surface area (Å²) in [5.74, 6) is -57.0. The van der Waals surface area contributed by atoms with Crippen molar-refractivity contribution in [1.29, 1.82) is 0 Å². The molecule has 2 unspecified atom stereocenters. The highest BCUT2D eigenvalue weighted by atomic mass is 19.4. The Bertz CT molecular complexity index is 1010. The molecule has 0 amide bonds. The fourth-order valence-electron chi connectivity index (χ4n) is 3.67. The first-order valence-corrected chi connectivity index (χ1v) is 14.0. The van der Waals surface area contributed by atoms with E-state index in [0.717, 1.165) is 0 Å². The molecule has 2 atom stereocenters. The van der Waals surface area contributed by atoms with Crippen molar-refractivity contribution in [3.8, 4) is 0 Å². The van der Waals surface area contributed by atoms with Crippen LogP contribution in [0.1, 0.15) is 61.8 Å². The van der Waals surface area contributed by atoms with Gasteiger partial charge in [0.05, 0.1) is 31.0 Å². The predicted molar refractivity (Wildman–Crippen MR) is 136 cm³/mol. The second kappa shape index (κ2) is 15.1. The van der Waals surface area contributed by atoms with Gasteiger partial charge in [0, 0.05) is 6.61 Å². The maximum absolute atomic E-state index is 14.3. The Morgan fingerprint density at radius 3 is 1.29 bits per heavy atom. The summed E-state index contributed by atoms with van der Waals surface area (Å²) < 4.78 is 251. The first kappa shape index (κ1) is 46.6. The maximum atomic E-state index is 14.3. The molecule has 0 bridgehead atoms. The van der Waals surface area contributed by atoms with Crippen molar-refractivity contribution >= 4 is 0 Å². The molecule has 0 heterocycles. The lowest BCUT2D eigenvalue weighted by molar-refractivity contribution is -0.462. The van der Waals surface area contributed by atoms with Crippen molar-refractivity contribution in [3.05, 3.63) is 0 Å². The minimum atomic E-state index is -8.69. The van der Waals surface area contributed by atoms with Gasteiger partial charge < -0.3 is 18.9 Å². The zero-order chi connectivity index (χ0) is 38.8. The molecule has 0 fully saturated rings. The topological polar surface area (TPSA) is 36.9 Å². The Morgan fingerprint density at radius 1 is 0.479 bits per heavy atom. The predicted octanol–water partition coefficient (Wildman–Crippen LogP) is 9.69. The molecule has 0 aromatic heterocycles. The molecule has 0 aliphatic rings. The number of ether oxygens (including phenoxy) is 4. The van der Waals surface area contributed by atoms with Gasteiger partial charge in [0.1, 0.15) is 12.7 Å². The third-order valence-electron chi connectivity index (χ3n) is 6.38. The van der Waals surface area contributed by atoms with Gasteiger partial charge in [-0.2, -0.15) is 74.6 Å². The third kappa shape index (κ3) is 10.4. The standard InChI is InChI=1S/C27H39F17O4/c1-15(2)9-16(3)10-46-17(12-47-19(7,8)13-48-18(4,5)6)11-45-14-20(28,29)21(30,31)22(32,33)23(34,35)24(36,37)25(38,39)26(40,41)27(42,43)44/h15-17H,9-14H2,1-8H3. The van der Waals surface area contributed by atoms with Crippen LogP contribution in [0.5, 0.6) is 0 Å². The monoisotopic (exact) mass is 750 g/mol. The van der Waals surface area contributed by atoms with E-state index in [-0.39, 0.29) is 25.0 Å². The van der Waals surface area contributed by atoms with Crippen LogP contribution in [0.25, 0.3) is 0 Å². The van der Waals surface area contributed by atoms with Gasteiger partial charge in [-0.05, 0) is 52.9 Å². The molecule has 48 heavy (non-hydrogen) atoms. The van der Waals surface area contributed by atoms with E-state index in [4.69, 9.17) is 14.2 Å². The van der Waals surface area contributed by atoms with Crippen molar-refractivity contribution < 1.29 is 93.6 Å². The number of hydrogen-bond acceptors (Lipinski definition) is 4. The van der Waals surface area contributed by atoms with E-state index in [0.29, 0.717) is 6.42 Å². The summed E-state index contributed by atoms with van der Waals surface area (Å²) in [5, 5.41) is 0. The fraction of sp³-hybridized carbons (Fsp3) is 1.00. The molecule has 0 saturated carbocycles. The number of hydrogen-bond donors (Lipinski definition) is 0. The average Bonchev–Trinajstić information content (AvgIpc) is 2.86. The summed E-state index contributed by atoms with van der Waals surface area (Å²) in [7, 11) is 0. The molecule has 290 valence electrons. The molecular formula is C27H39F17O4. The normalized spacial score (nSPS) is 16.9. The van der Waals surface area contributed by atoms with E-state index in [1.165, 1.54) is 13.8 Å². The second-order valence-corrected chi connectivity index (χ2v) is 13.3. The molecule has 4 nitrogen and oxygen atoms in total. The van der Waals surface area contributed by atoms with Crippen LogP contribution in [0, 0.1) is 11.8 Å². The molecule has 0 radical (unpaired) electrons. The Labute approximate surface area is 265 Å². The Hall–Kier alpha value is -1.35. The summed E-state index contributed by atoms with van der Waals surface area (Å²) in [6, 6.07) is 0. The van der Waals surface area contributed by atoms with Crippen LogP contribution in [0.4, 0.5) is 74.6 Å². The molecule has 0 aromatic rings. The summed E-state index contributed by atoms with van der Waals surface area (Å²) in [6.07, 6.45) is -8.73. The lowest BCUT2D eigenvalue weighted by Crippen LogP contribution is -2.74. The minimum absolute atomic E-state index is 0.0694. The number of rotatable bonds is 20. The fourth-order valence-corrected chi connectivity index (χ4v) is 3.67. The maximum Gasteiger partial charge on any atom is 0.460 e. The Kier molecular flexibility index (Phi) is 14.7. The van der Waals surface area contributed by atoms with Gasteiger partial charge in [0.2, 0.25) is 0 Å². The molecule has 0 N–H and O–H groups in total. The summed E-state index contributed by atoms with van der Waals surface area (Å²) in [5.41, 5.74) is -1.78. The first-order valence-electron chi connectivity index (χ1n) is 14.0. The van der Waals surface area contributed by atoms with Crippen LogP contribution < -0.4 is 0 Å². The third-order valence-corrected chi connectivity index (χ3v) is 6.38.